The van der Waals surface area contributed by atoms with Crippen molar-refractivity contribution >= 4 is 27.3 Å². The second-order valence-electron chi connectivity index (χ2n) is 6.72. The van der Waals surface area contributed by atoms with Gasteiger partial charge in [0.05, 0.1) is 10.6 Å². The van der Waals surface area contributed by atoms with E-state index in [-0.39, 0.29) is 29.9 Å². The zero-order chi connectivity index (χ0) is 24.0. The van der Waals surface area contributed by atoms with E-state index >= 15 is 0 Å². The summed E-state index contributed by atoms with van der Waals surface area (Å²) in [6.07, 6.45) is 0. The van der Waals surface area contributed by atoms with Crippen molar-refractivity contribution in [1.82, 2.24) is 5.32 Å². The number of nitrogens with one attached hydrogen (secondary N) is 3. The lowest BCUT2D eigenvalue weighted by atomic mass is 10.2. The van der Waals surface area contributed by atoms with Gasteiger partial charge in [0.1, 0.15) is 17.4 Å². The lowest BCUT2D eigenvalue weighted by molar-refractivity contribution is 0.0955. The maximum atomic E-state index is 13.6. The number of hydrogen-bond donors (Lipinski definition) is 3. The molecule has 0 bridgehead atoms. The number of halogens is 3. The Kier molecular flexibility index (Phi) is 7.20. The molecule has 0 aliphatic rings. The van der Waals surface area contributed by atoms with Crippen molar-refractivity contribution in [3.8, 4) is 6.07 Å². The molecule has 0 atom stereocenters. The Bertz CT molecular complexity index is 1320. The highest BCUT2D eigenvalue weighted by molar-refractivity contribution is 7.92. The normalized spacial score (nSPS) is 10.8. The third-order valence-corrected chi connectivity index (χ3v) is 5.83. The first-order chi connectivity index (χ1) is 15.7. The Hall–Kier alpha value is -4.04. The zero-order valence-corrected chi connectivity index (χ0v) is 17.7. The number of hydrogen-bond acceptors (Lipinski definition) is 5. The molecule has 0 unspecified atom stereocenters. The summed E-state index contributed by atoms with van der Waals surface area (Å²) in [4.78, 5) is 11.8. The Balaban J connectivity index is 1.55. The average molecular weight is 474 g/mol. The molecule has 3 aromatic carbocycles. The van der Waals surface area contributed by atoms with E-state index in [0.717, 1.165) is 6.07 Å². The maximum Gasteiger partial charge on any atom is 0.261 e. The van der Waals surface area contributed by atoms with Gasteiger partial charge in [0, 0.05) is 24.3 Å². The summed E-state index contributed by atoms with van der Waals surface area (Å²) in [6.45, 7) is 0.403. The second kappa shape index (κ2) is 10.1. The van der Waals surface area contributed by atoms with Crippen LogP contribution < -0.4 is 15.4 Å². The zero-order valence-electron chi connectivity index (χ0n) is 16.9. The largest absolute Gasteiger partial charge is 0.382 e. The fraction of sp³-hybridized carbons (Fsp3) is 0.0909. The highest BCUT2D eigenvalue weighted by atomic mass is 32.2. The molecule has 0 spiro atoms. The van der Waals surface area contributed by atoms with Crippen molar-refractivity contribution in [2.24, 2.45) is 0 Å². The van der Waals surface area contributed by atoms with Crippen molar-refractivity contribution < 1.29 is 26.4 Å². The lowest BCUT2D eigenvalue weighted by Crippen LogP contribution is -2.28. The van der Waals surface area contributed by atoms with E-state index < -0.39 is 38.3 Å². The van der Waals surface area contributed by atoms with Gasteiger partial charge in [-0.2, -0.15) is 5.26 Å². The minimum Gasteiger partial charge on any atom is -0.382 e. The van der Waals surface area contributed by atoms with Crippen molar-refractivity contribution in [3.05, 3.63) is 89.2 Å². The van der Waals surface area contributed by atoms with E-state index in [4.69, 9.17) is 5.26 Å². The smallest absolute Gasteiger partial charge is 0.261 e. The van der Waals surface area contributed by atoms with Crippen LogP contribution in [0.3, 0.4) is 0 Å². The monoisotopic (exact) mass is 474 g/mol. The lowest BCUT2D eigenvalue weighted by Gasteiger charge is -2.11. The van der Waals surface area contributed by atoms with Crippen LogP contribution in [0.4, 0.5) is 24.5 Å². The van der Waals surface area contributed by atoms with E-state index in [0.29, 0.717) is 17.8 Å². The van der Waals surface area contributed by atoms with Gasteiger partial charge >= 0.3 is 0 Å². The first-order valence-corrected chi connectivity index (χ1v) is 11.0. The van der Waals surface area contributed by atoms with Crippen molar-refractivity contribution in [2.45, 2.75) is 4.90 Å². The van der Waals surface area contributed by atoms with Crippen LogP contribution in [0.1, 0.15) is 15.9 Å². The number of sulfonamides is 1. The molecule has 0 saturated heterocycles. The summed E-state index contributed by atoms with van der Waals surface area (Å²) >= 11 is 0. The molecule has 7 nitrogen and oxygen atoms in total. The third kappa shape index (κ3) is 5.81. The van der Waals surface area contributed by atoms with Crippen LogP contribution in [-0.2, 0) is 10.0 Å². The van der Waals surface area contributed by atoms with Crippen molar-refractivity contribution in [3.63, 3.8) is 0 Å². The number of anilines is 2. The number of benzene rings is 3. The molecule has 0 heterocycles. The van der Waals surface area contributed by atoms with Gasteiger partial charge in [0.25, 0.3) is 15.9 Å². The number of rotatable bonds is 8. The quantitative estimate of drug-likeness (QED) is 0.432. The molecular weight excluding hydrogens is 457 g/mol. The molecular formula is C22H17F3N4O3S. The fourth-order valence-corrected chi connectivity index (χ4v) is 3.88. The summed E-state index contributed by atoms with van der Waals surface area (Å²) in [5.41, 5.74) is 0.553. The molecule has 0 aromatic heterocycles. The number of nitrogens with zero attached hydrogens (tertiary/aromatic N) is 1. The van der Waals surface area contributed by atoms with Gasteiger partial charge in [-0.05, 0) is 54.6 Å². The molecule has 33 heavy (non-hydrogen) atoms. The van der Waals surface area contributed by atoms with E-state index in [1.807, 2.05) is 0 Å². The Morgan fingerprint density at radius 1 is 0.909 bits per heavy atom. The summed E-state index contributed by atoms with van der Waals surface area (Å²) in [7, 11) is -4.15. The maximum absolute atomic E-state index is 13.6. The molecule has 3 rings (SSSR count). The predicted octanol–water partition coefficient (Wildman–Crippen LogP) is 3.62. The van der Waals surface area contributed by atoms with E-state index in [1.165, 1.54) is 36.4 Å². The Morgan fingerprint density at radius 3 is 2.30 bits per heavy atom. The van der Waals surface area contributed by atoms with Gasteiger partial charge in [-0.1, -0.05) is 6.07 Å². The summed E-state index contributed by atoms with van der Waals surface area (Å²) in [6, 6.07) is 13.6. The van der Waals surface area contributed by atoms with Gasteiger partial charge in [-0.3, -0.25) is 9.52 Å². The molecule has 3 N–H and O–H groups in total. The van der Waals surface area contributed by atoms with Crippen LogP contribution in [0.25, 0.3) is 0 Å². The van der Waals surface area contributed by atoms with Gasteiger partial charge in [0.15, 0.2) is 11.6 Å². The van der Waals surface area contributed by atoms with E-state index in [1.54, 1.807) is 12.1 Å². The molecule has 0 aliphatic heterocycles. The predicted molar refractivity (Wildman–Crippen MR) is 116 cm³/mol. The van der Waals surface area contributed by atoms with Gasteiger partial charge in [-0.25, -0.2) is 21.6 Å². The van der Waals surface area contributed by atoms with Crippen molar-refractivity contribution in [2.75, 3.05) is 23.1 Å². The first-order valence-electron chi connectivity index (χ1n) is 9.50. The van der Waals surface area contributed by atoms with Crippen LogP contribution in [-0.4, -0.2) is 27.4 Å². The molecule has 170 valence electrons. The standard InChI is InChI=1S/C22H17F3N4O3S/c23-18-2-1-3-21(17(18)13-26)27-10-11-28-22(30)14-4-6-15(7-5-14)29-33(31,32)16-8-9-19(24)20(25)12-16/h1-9,12,27,29H,10-11H2,(H,28,30). The fourth-order valence-electron chi connectivity index (χ4n) is 2.81. The highest BCUT2D eigenvalue weighted by Gasteiger charge is 2.17. The number of carbonyl (C=O) groups excluding carboxylic acids is 1. The number of carbonyl (C=O) groups is 1. The van der Waals surface area contributed by atoms with Crippen LogP contribution in [0.5, 0.6) is 0 Å². The Labute approximate surface area is 187 Å². The SMILES string of the molecule is N#Cc1c(F)cccc1NCCNC(=O)c1ccc(NS(=O)(=O)c2ccc(F)c(F)c2)cc1. The highest BCUT2D eigenvalue weighted by Crippen LogP contribution is 2.19. The molecule has 11 heteroatoms. The van der Waals surface area contributed by atoms with E-state index in [2.05, 4.69) is 15.4 Å². The second-order valence-corrected chi connectivity index (χ2v) is 8.40. The molecule has 3 aromatic rings. The molecule has 1 amide bonds. The third-order valence-electron chi connectivity index (χ3n) is 4.45. The van der Waals surface area contributed by atoms with Crippen LogP contribution in [0.15, 0.2) is 65.6 Å². The van der Waals surface area contributed by atoms with E-state index in [9.17, 15) is 26.4 Å². The Morgan fingerprint density at radius 2 is 1.64 bits per heavy atom. The topological polar surface area (TPSA) is 111 Å². The molecule has 0 fully saturated rings. The summed E-state index contributed by atoms with van der Waals surface area (Å²) in [5.74, 6) is -3.54. The molecule has 0 radical (unpaired) electrons. The van der Waals surface area contributed by atoms with Gasteiger partial charge < -0.3 is 10.6 Å². The first kappa shape index (κ1) is 23.6. The van der Waals surface area contributed by atoms with Crippen LogP contribution in [0.2, 0.25) is 0 Å². The minimum absolute atomic E-state index is 0.119. The number of amides is 1. The molecule has 0 aliphatic carbocycles. The van der Waals surface area contributed by atoms with Crippen LogP contribution >= 0.6 is 0 Å². The van der Waals surface area contributed by atoms with Gasteiger partial charge in [-0.15, -0.1) is 0 Å². The average Bonchev–Trinajstić information content (AvgIpc) is 2.78. The van der Waals surface area contributed by atoms with Crippen LogP contribution in [0, 0.1) is 28.8 Å². The summed E-state index contributed by atoms with van der Waals surface area (Å²) in [5, 5.41) is 14.5. The molecule has 0 saturated carbocycles. The number of nitriles is 1. The minimum atomic E-state index is -4.15. The van der Waals surface area contributed by atoms with Gasteiger partial charge in [0.2, 0.25) is 0 Å². The van der Waals surface area contributed by atoms with Crippen molar-refractivity contribution in [1.29, 1.82) is 5.26 Å². The summed E-state index contributed by atoms with van der Waals surface area (Å²) < 4.78 is 66.8.